The molecule has 1 aliphatic heterocycles. The van der Waals surface area contributed by atoms with Crippen LogP contribution in [0.5, 0.6) is 0 Å². The zero-order valence-electron chi connectivity index (χ0n) is 13.2. The lowest BCUT2D eigenvalue weighted by Crippen LogP contribution is -2.31. The first kappa shape index (κ1) is 14.6. The Bertz CT molecular complexity index is 829. The van der Waals surface area contributed by atoms with Gasteiger partial charge >= 0.3 is 0 Å². The SMILES string of the molecule is O=C(c1cn[nH]c1-c1ccccc1)N1CCC[C@H]1c1ccccn1. The van der Waals surface area contributed by atoms with Gasteiger partial charge in [-0.2, -0.15) is 5.10 Å². The summed E-state index contributed by atoms with van der Waals surface area (Å²) in [6.07, 6.45) is 5.34. The normalized spacial score (nSPS) is 17.2. The van der Waals surface area contributed by atoms with Crippen LogP contribution in [0.15, 0.2) is 60.9 Å². The summed E-state index contributed by atoms with van der Waals surface area (Å²) < 4.78 is 0. The van der Waals surface area contributed by atoms with Gasteiger partial charge in [-0.15, -0.1) is 0 Å². The first-order chi connectivity index (χ1) is 11.8. The molecule has 0 saturated carbocycles. The average Bonchev–Trinajstić information content (AvgIpc) is 3.32. The van der Waals surface area contributed by atoms with E-state index in [0.717, 1.165) is 36.3 Å². The van der Waals surface area contributed by atoms with Crippen LogP contribution in [0, 0.1) is 0 Å². The molecule has 1 atom stereocenters. The number of benzene rings is 1. The summed E-state index contributed by atoms with van der Waals surface area (Å²) in [5, 5.41) is 7.07. The second kappa shape index (κ2) is 6.28. The molecule has 0 bridgehead atoms. The maximum absolute atomic E-state index is 13.1. The number of likely N-dealkylation sites (tertiary alicyclic amines) is 1. The number of hydrogen-bond acceptors (Lipinski definition) is 3. The van der Waals surface area contributed by atoms with E-state index in [1.165, 1.54) is 0 Å². The number of nitrogens with one attached hydrogen (secondary N) is 1. The van der Waals surface area contributed by atoms with Crippen LogP contribution >= 0.6 is 0 Å². The van der Waals surface area contributed by atoms with Crippen molar-refractivity contribution in [3.63, 3.8) is 0 Å². The van der Waals surface area contributed by atoms with Crippen molar-refractivity contribution in [2.45, 2.75) is 18.9 Å². The molecule has 1 aliphatic rings. The van der Waals surface area contributed by atoms with Crippen molar-refractivity contribution in [1.29, 1.82) is 0 Å². The minimum atomic E-state index is 0.00996. The third-order valence-electron chi connectivity index (χ3n) is 4.48. The number of carbonyl (C=O) groups is 1. The van der Waals surface area contributed by atoms with E-state index >= 15 is 0 Å². The monoisotopic (exact) mass is 318 g/mol. The summed E-state index contributed by atoms with van der Waals surface area (Å²) in [5.74, 6) is 0.00996. The maximum Gasteiger partial charge on any atom is 0.258 e. The lowest BCUT2D eigenvalue weighted by atomic mass is 10.1. The van der Waals surface area contributed by atoms with Gasteiger partial charge in [-0.1, -0.05) is 36.4 Å². The van der Waals surface area contributed by atoms with E-state index in [1.54, 1.807) is 12.4 Å². The number of H-pyrrole nitrogens is 1. The van der Waals surface area contributed by atoms with E-state index in [0.29, 0.717) is 5.56 Å². The van der Waals surface area contributed by atoms with Gasteiger partial charge in [-0.05, 0) is 25.0 Å². The van der Waals surface area contributed by atoms with Crippen LogP contribution in [0.4, 0.5) is 0 Å². The highest BCUT2D eigenvalue weighted by molar-refractivity contribution is 6.00. The highest BCUT2D eigenvalue weighted by Gasteiger charge is 2.33. The van der Waals surface area contributed by atoms with Crippen molar-refractivity contribution in [3.05, 3.63) is 72.2 Å². The van der Waals surface area contributed by atoms with E-state index in [1.807, 2.05) is 53.4 Å². The van der Waals surface area contributed by atoms with Crippen molar-refractivity contribution >= 4 is 5.91 Å². The van der Waals surface area contributed by atoms with Crippen molar-refractivity contribution < 1.29 is 4.79 Å². The largest absolute Gasteiger partial charge is 0.330 e. The number of hydrogen-bond donors (Lipinski definition) is 1. The number of aromatic nitrogens is 3. The molecule has 0 radical (unpaired) electrons. The molecule has 1 saturated heterocycles. The summed E-state index contributed by atoms with van der Waals surface area (Å²) >= 11 is 0. The van der Waals surface area contributed by atoms with E-state index in [4.69, 9.17) is 0 Å². The molecule has 5 heteroatoms. The van der Waals surface area contributed by atoms with Crippen LogP contribution in [0.3, 0.4) is 0 Å². The minimum Gasteiger partial charge on any atom is -0.330 e. The molecule has 1 N–H and O–H groups in total. The molecule has 1 amide bonds. The molecule has 0 aliphatic carbocycles. The highest BCUT2D eigenvalue weighted by atomic mass is 16.2. The summed E-state index contributed by atoms with van der Waals surface area (Å²) in [6, 6.07) is 15.7. The van der Waals surface area contributed by atoms with Crippen molar-refractivity contribution in [2.24, 2.45) is 0 Å². The number of carbonyl (C=O) groups excluding carboxylic acids is 1. The Morgan fingerprint density at radius 1 is 1.12 bits per heavy atom. The molecule has 3 aromatic rings. The molecule has 2 aromatic heterocycles. The summed E-state index contributed by atoms with van der Waals surface area (Å²) in [6.45, 7) is 0.749. The minimum absolute atomic E-state index is 0.00996. The Kier molecular flexibility index (Phi) is 3.83. The van der Waals surface area contributed by atoms with Gasteiger partial charge in [0.25, 0.3) is 5.91 Å². The second-order valence-electron chi connectivity index (χ2n) is 5.94. The van der Waals surface area contributed by atoms with E-state index in [2.05, 4.69) is 15.2 Å². The first-order valence-corrected chi connectivity index (χ1v) is 8.15. The number of pyridine rings is 1. The molecule has 1 aromatic carbocycles. The lowest BCUT2D eigenvalue weighted by molar-refractivity contribution is 0.0734. The Morgan fingerprint density at radius 3 is 2.75 bits per heavy atom. The fraction of sp³-hybridized carbons (Fsp3) is 0.211. The van der Waals surface area contributed by atoms with Gasteiger partial charge in [-0.3, -0.25) is 14.9 Å². The highest BCUT2D eigenvalue weighted by Crippen LogP contribution is 2.33. The van der Waals surface area contributed by atoms with Crippen LogP contribution in [-0.4, -0.2) is 32.5 Å². The maximum atomic E-state index is 13.1. The Balaban J connectivity index is 1.66. The van der Waals surface area contributed by atoms with Crippen molar-refractivity contribution in [1.82, 2.24) is 20.1 Å². The fourth-order valence-corrected chi connectivity index (χ4v) is 3.32. The van der Waals surface area contributed by atoms with Gasteiger partial charge in [-0.25, -0.2) is 0 Å². The lowest BCUT2D eigenvalue weighted by Gasteiger charge is -2.24. The molecule has 1 fully saturated rings. The standard InChI is InChI=1S/C19H18N4O/c24-19(15-13-21-22-18(15)14-7-2-1-3-8-14)23-12-6-10-17(23)16-9-4-5-11-20-16/h1-5,7-9,11,13,17H,6,10,12H2,(H,21,22)/t17-/m0/s1. The topological polar surface area (TPSA) is 61.9 Å². The Labute approximate surface area is 140 Å². The van der Waals surface area contributed by atoms with E-state index in [-0.39, 0.29) is 11.9 Å². The molecular formula is C19H18N4O. The summed E-state index contributed by atoms with van der Waals surface area (Å²) in [4.78, 5) is 19.5. The third-order valence-corrected chi connectivity index (χ3v) is 4.48. The Hall–Kier alpha value is -2.95. The molecular weight excluding hydrogens is 300 g/mol. The van der Waals surface area contributed by atoms with Crippen molar-refractivity contribution in [2.75, 3.05) is 6.54 Å². The molecule has 24 heavy (non-hydrogen) atoms. The van der Waals surface area contributed by atoms with Gasteiger partial charge in [0.15, 0.2) is 0 Å². The molecule has 0 spiro atoms. The molecule has 4 rings (SSSR count). The fourth-order valence-electron chi connectivity index (χ4n) is 3.32. The zero-order chi connectivity index (χ0) is 16.4. The third kappa shape index (κ3) is 2.58. The number of amides is 1. The smallest absolute Gasteiger partial charge is 0.258 e. The number of aromatic amines is 1. The predicted molar refractivity (Wildman–Crippen MR) is 91.3 cm³/mol. The van der Waals surface area contributed by atoms with Gasteiger partial charge < -0.3 is 4.90 Å². The number of nitrogens with zero attached hydrogens (tertiary/aromatic N) is 3. The van der Waals surface area contributed by atoms with E-state index < -0.39 is 0 Å². The van der Waals surface area contributed by atoms with Gasteiger partial charge in [0.2, 0.25) is 0 Å². The van der Waals surface area contributed by atoms with Crippen molar-refractivity contribution in [3.8, 4) is 11.3 Å². The first-order valence-electron chi connectivity index (χ1n) is 8.15. The average molecular weight is 318 g/mol. The number of rotatable bonds is 3. The second-order valence-corrected chi connectivity index (χ2v) is 5.94. The zero-order valence-corrected chi connectivity index (χ0v) is 13.2. The summed E-state index contributed by atoms with van der Waals surface area (Å²) in [7, 11) is 0. The predicted octanol–water partition coefficient (Wildman–Crippen LogP) is 3.45. The van der Waals surface area contributed by atoms with Gasteiger partial charge in [0.05, 0.1) is 29.2 Å². The Morgan fingerprint density at radius 2 is 1.96 bits per heavy atom. The van der Waals surface area contributed by atoms with Crippen LogP contribution in [0.2, 0.25) is 0 Å². The summed E-state index contributed by atoms with van der Waals surface area (Å²) in [5.41, 5.74) is 3.30. The van der Waals surface area contributed by atoms with E-state index in [9.17, 15) is 4.79 Å². The van der Waals surface area contributed by atoms with Gasteiger partial charge in [0.1, 0.15) is 0 Å². The van der Waals surface area contributed by atoms with Crippen LogP contribution in [0.1, 0.15) is 34.9 Å². The molecule has 3 heterocycles. The van der Waals surface area contributed by atoms with Crippen LogP contribution < -0.4 is 0 Å². The molecule has 120 valence electrons. The quantitative estimate of drug-likeness (QED) is 0.804. The van der Waals surface area contributed by atoms with Crippen LogP contribution in [0.25, 0.3) is 11.3 Å². The molecule has 0 unspecified atom stereocenters. The molecule has 5 nitrogen and oxygen atoms in total. The van der Waals surface area contributed by atoms with Gasteiger partial charge in [0, 0.05) is 18.3 Å². The van der Waals surface area contributed by atoms with Crippen LogP contribution in [-0.2, 0) is 0 Å².